The van der Waals surface area contributed by atoms with Gasteiger partial charge in [0.1, 0.15) is 19.3 Å². The Hall–Kier alpha value is -1.94. The van der Waals surface area contributed by atoms with Crippen molar-refractivity contribution in [2.75, 3.05) is 39.6 Å². The summed E-state index contributed by atoms with van der Waals surface area (Å²) in [5.41, 5.74) is 0. The van der Waals surface area contributed by atoms with E-state index in [2.05, 4.69) is 41.5 Å². The summed E-state index contributed by atoms with van der Waals surface area (Å²) in [6.07, 6.45) is 61.8. The first-order chi connectivity index (χ1) is 47.9. The second kappa shape index (κ2) is 71.7. The highest BCUT2D eigenvalue weighted by molar-refractivity contribution is 7.47. The Bertz CT molecular complexity index is 1910. The Balaban J connectivity index is 5.15. The van der Waals surface area contributed by atoms with Gasteiger partial charge in [-0.05, 0) is 37.5 Å². The van der Waals surface area contributed by atoms with Crippen LogP contribution in [0.25, 0.3) is 0 Å². The third-order valence-electron chi connectivity index (χ3n) is 18.7. The molecule has 19 heteroatoms. The van der Waals surface area contributed by atoms with Crippen LogP contribution < -0.4 is 0 Å². The molecular weight excluding hydrogens is 1290 g/mol. The summed E-state index contributed by atoms with van der Waals surface area (Å²) < 4.78 is 68.5. The zero-order valence-electron chi connectivity index (χ0n) is 64.8. The Morgan fingerprint density at radius 2 is 0.465 bits per heavy atom. The molecule has 2 unspecified atom stereocenters. The molecule has 0 fully saturated rings. The zero-order valence-corrected chi connectivity index (χ0v) is 66.6. The molecule has 0 aliphatic heterocycles. The molecule has 0 aromatic heterocycles. The minimum atomic E-state index is -4.96. The first-order valence-corrected chi connectivity index (χ1v) is 44.5. The molecule has 588 valence electrons. The van der Waals surface area contributed by atoms with Gasteiger partial charge in [-0.25, -0.2) is 9.13 Å². The van der Waals surface area contributed by atoms with E-state index >= 15 is 0 Å². The van der Waals surface area contributed by atoms with Gasteiger partial charge in [-0.2, -0.15) is 0 Å². The van der Waals surface area contributed by atoms with Gasteiger partial charge in [-0.1, -0.05) is 369 Å². The average molecular weight is 1450 g/mol. The zero-order chi connectivity index (χ0) is 72.8. The molecular formula is C80H156O17P2. The molecule has 0 amide bonds. The van der Waals surface area contributed by atoms with Gasteiger partial charge >= 0.3 is 39.5 Å². The predicted molar refractivity (Wildman–Crippen MR) is 405 cm³/mol. The van der Waals surface area contributed by atoms with Gasteiger partial charge in [0.15, 0.2) is 12.2 Å². The number of unbranched alkanes of at least 4 members (excludes halogenated alkanes) is 49. The molecule has 0 aromatic carbocycles. The summed E-state index contributed by atoms with van der Waals surface area (Å²) in [4.78, 5) is 72.8. The molecule has 0 rings (SSSR count). The third-order valence-corrected chi connectivity index (χ3v) is 20.6. The highest BCUT2D eigenvalue weighted by Crippen LogP contribution is 2.45. The molecule has 0 saturated heterocycles. The van der Waals surface area contributed by atoms with Crippen LogP contribution >= 0.6 is 15.6 Å². The second-order valence-electron chi connectivity index (χ2n) is 29.8. The number of phosphoric ester groups is 2. The fraction of sp³-hybridized carbons (Fsp3) is 0.950. The maximum Gasteiger partial charge on any atom is 0.472 e. The fourth-order valence-corrected chi connectivity index (χ4v) is 13.9. The number of aliphatic hydroxyl groups is 1. The number of hydrogen-bond acceptors (Lipinski definition) is 15. The van der Waals surface area contributed by atoms with E-state index in [4.69, 9.17) is 37.0 Å². The molecule has 0 aliphatic carbocycles. The second-order valence-corrected chi connectivity index (χ2v) is 32.7. The Labute approximate surface area is 607 Å². The van der Waals surface area contributed by atoms with Crippen LogP contribution in [-0.2, 0) is 65.4 Å². The maximum atomic E-state index is 13.1. The summed E-state index contributed by atoms with van der Waals surface area (Å²) in [5, 5.41) is 10.6. The molecule has 5 atom stereocenters. The van der Waals surface area contributed by atoms with E-state index in [1.807, 2.05) is 0 Å². The summed E-state index contributed by atoms with van der Waals surface area (Å²) in [7, 11) is -9.91. The van der Waals surface area contributed by atoms with Gasteiger partial charge in [-0.3, -0.25) is 37.3 Å². The Kier molecular flexibility index (Phi) is 70.3. The van der Waals surface area contributed by atoms with Crippen LogP contribution in [0.3, 0.4) is 0 Å². The van der Waals surface area contributed by atoms with Crippen molar-refractivity contribution in [3.8, 4) is 0 Å². The lowest BCUT2D eigenvalue weighted by atomic mass is 10.0. The van der Waals surface area contributed by atoms with Crippen LogP contribution in [-0.4, -0.2) is 96.7 Å². The largest absolute Gasteiger partial charge is 0.472 e. The van der Waals surface area contributed by atoms with E-state index in [1.165, 1.54) is 231 Å². The summed E-state index contributed by atoms with van der Waals surface area (Å²) in [6.45, 7) is 9.43. The van der Waals surface area contributed by atoms with Gasteiger partial charge < -0.3 is 33.8 Å². The van der Waals surface area contributed by atoms with Gasteiger partial charge in [0.05, 0.1) is 26.4 Å². The molecule has 0 bridgehead atoms. The van der Waals surface area contributed by atoms with E-state index in [-0.39, 0.29) is 25.7 Å². The van der Waals surface area contributed by atoms with Crippen LogP contribution in [0, 0.1) is 11.8 Å². The number of aliphatic hydroxyl groups excluding tert-OH is 1. The van der Waals surface area contributed by atoms with E-state index in [0.29, 0.717) is 37.5 Å². The standard InChI is InChI=1S/C80H156O17P2/c1-7-9-11-13-15-17-19-21-23-25-27-28-29-31-33-35-37-39-41-43-52-58-64-79(84)96-75(68-90-77(82)62-56-50-42-40-38-36-34-32-30-26-24-22-20-18-16-14-12-10-8-2)70-94-98(86,87)92-66-74(81)67-93-99(88,89)95-71-76(97-80(85)65-59-53-47-45-49-55-61-73(5)6)69-91-78(83)63-57-51-46-44-48-54-60-72(3)4/h72-76,81H,7-71H2,1-6H3,(H,86,87)(H,88,89)/t74-,75-,76-/m1/s1. The molecule has 0 saturated carbocycles. The minimum Gasteiger partial charge on any atom is -0.462 e. The number of carbonyl (C=O) groups excluding carboxylic acids is 4. The van der Waals surface area contributed by atoms with Gasteiger partial charge in [0.25, 0.3) is 0 Å². The quantitative estimate of drug-likeness (QED) is 0.0222. The summed E-state index contributed by atoms with van der Waals surface area (Å²) in [5.74, 6) is -0.772. The van der Waals surface area contributed by atoms with Crippen molar-refractivity contribution < 1.29 is 80.2 Å². The molecule has 3 N–H and O–H groups in total. The molecule has 0 radical (unpaired) electrons. The Morgan fingerprint density at radius 3 is 0.687 bits per heavy atom. The number of esters is 4. The highest BCUT2D eigenvalue weighted by Gasteiger charge is 2.30. The smallest absolute Gasteiger partial charge is 0.462 e. The van der Waals surface area contributed by atoms with Crippen LogP contribution in [0.15, 0.2) is 0 Å². The van der Waals surface area contributed by atoms with Crippen molar-refractivity contribution in [1.82, 2.24) is 0 Å². The SMILES string of the molecule is CCCCCCCCCCCCCCCCCCCCCCCCC(=O)O[C@H](COC(=O)CCCCCCCCCCCCCCCCCCCCC)COP(=O)(O)OC[C@@H](O)COP(=O)(O)OC[C@@H](COC(=O)CCCCCCCCC(C)C)OC(=O)CCCCCCCCC(C)C. The third kappa shape index (κ3) is 74.1. The van der Waals surface area contributed by atoms with E-state index in [0.717, 1.165) is 96.3 Å². The van der Waals surface area contributed by atoms with Crippen LogP contribution in [0.5, 0.6) is 0 Å². The van der Waals surface area contributed by atoms with E-state index in [1.54, 1.807) is 0 Å². The molecule has 0 spiro atoms. The van der Waals surface area contributed by atoms with Crippen LogP contribution in [0.2, 0.25) is 0 Å². The lowest BCUT2D eigenvalue weighted by Crippen LogP contribution is -2.30. The first kappa shape index (κ1) is 97.1. The number of ether oxygens (including phenoxy) is 4. The molecule has 0 aliphatic rings. The molecule has 99 heavy (non-hydrogen) atoms. The number of rotatable bonds is 79. The van der Waals surface area contributed by atoms with Crippen molar-refractivity contribution >= 4 is 39.5 Å². The Morgan fingerprint density at radius 1 is 0.273 bits per heavy atom. The fourth-order valence-electron chi connectivity index (χ4n) is 12.4. The van der Waals surface area contributed by atoms with E-state index in [9.17, 15) is 43.2 Å². The lowest BCUT2D eigenvalue weighted by molar-refractivity contribution is -0.161. The van der Waals surface area contributed by atoms with E-state index < -0.39 is 97.5 Å². The van der Waals surface area contributed by atoms with Gasteiger partial charge in [0, 0.05) is 25.7 Å². The van der Waals surface area contributed by atoms with Crippen molar-refractivity contribution in [3.63, 3.8) is 0 Å². The number of hydrogen-bond donors (Lipinski definition) is 3. The van der Waals surface area contributed by atoms with Crippen molar-refractivity contribution in [2.24, 2.45) is 11.8 Å². The highest BCUT2D eigenvalue weighted by atomic mass is 31.2. The summed E-state index contributed by atoms with van der Waals surface area (Å²) in [6, 6.07) is 0. The van der Waals surface area contributed by atoms with Crippen molar-refractivity contribution in [3.05, 3.63) is 0 Å². The summed E-state index contributed by atoms with van der Waals surface area (Å²) >= 11 is 0. The number of carbonyl (C=O) groups is 4. The molecule has 0 aromatic rings. The van der Waals surface area contributed by atoms with Crippen LogP contribution in [0.1, 0.15) is 420 Å². The molecule has 17 nitrogen and oxygen atoms in total. The topological polar surface area (TPSA) is 237 Å². The van der Waals surface area contributed by atoms with Crippen molar-refractivity contribution in [2.45, 2.75) is 439 Å². The predicted octanol–water partition coefficient (Wildman–Crippen LogP) is 23.9. The van der Waals surface area contributed by atoms with Crippen LogP contribution in [0.4, 0.5) is 0 Å². The number of phosphoric acid groups is 2. The average Bonchev–Trinajstić information content (AvgIpc) is 1.09. The van der Waals surface area contributed by atoms with Crippen molar-refractivity contribution in [1.29, 1.82) is 0 Å². The normalized spacial score (nSPS) is 13.9. The van der Waals surface area contributed by atoms with Gasteiger partial charge in [-0.15, -0.1) is 0 Å². The monoisotopic (exact) mass is 1450 g/mol. The minimum absolute atomic E-state index is 0.101. The first-order valence-electron chi connectivity index (χ1n) is 41.5. The maximum absolute atomic E-state index is 13.1. The lowest BCUT2D eigenvalue weighted by Gasteiger charge is -2.21. The van der Waals surface area contributed by atoms with Gasteiger partial charge in [0.2, 0.25) is 0 Å². The molecule has 0 heterocycles.